The van der Waals surface area contributed by atoms with Crippen molar-refractivity contribution in [1.29, 1.82) is 0 Å². The maximum absolute atomic E-state index is 11.8. The molecule has 2 aromatic heterocycles. The number of hydrogen-bond acceptors (Lipinski definition) is 9. The lowest BCUT2D eigenvalue weighted by Crippen LogP contribution is -2.45. The van der Waals surface area contributed by atoms with Crippen molar-refractivity contribution in [2.75, 3.05) is 48.0 Å². The van der Waals surface area contributed by atoms with Crippen LogP contribution in [0.5, 0.6) is 0 Å². The van der Waals surface area contributed by atoms with E-state index in [1.807, 2.05) is 31.2 Å². The van der Waals surface area contributed by atoms with Crippen LogP contribution in [0.25, 0.3) is 11.4 Å². The first-order valence-electron chi connectivity index (χ1n) is 11.9. The number of nitrogens with zero attached hydrogens (tertiary/aromatic N) is 7. The first kappa shape index (κ1) is 22.9. The second kappa shape index (κ2) is 10.2. The molecule has 0 radical (unpaired) electrons. The third kappa shape index (κ3) is 4.99. The maximum Gasteiger partial charge on any atom is 0.319 e. The average Bonchev–Trinajstić information content (AvgIpc) is 2.89. The van der Waals surface area contributed by atoms with Gasteiger partial charge in [-0.15, -0.1) is 0 Å². The lowest BCUT2D eigenvalue weighted by atomic mass is 10.0. The quantitative estimate of drug-likeness (QED) is 0.572. The molecule has 2 aliphatic rings. The number of rotatable bonds is 5. The van der Waals surface area contributed by atoms with Crippen molar-refractivity contribution < 1.29 is 9.53 Å². The van der Waals surface area contributed by atoms with Gasteiger partial charge >= 0.3 is 6.03 Å². The Hall–Kier alpha value is -3.86. The van der Waals surface area contributed by atoms with Crippen LogP contribution in [0.1, 0.15) is 25.1 Å². The zero-order chi connectivity index (χ0) is 24.2. The maximum atomic E-state index is 11.8. The summed E-state index contributed by atoms with van der Waals surface area (Å²) in [4.78, 5) is 38.9. The van der Waals surface area contributed by atoms with Gasteiger partial charge in [-0.25, -0.2) is 29.7 Å². The summed E-state index contributed by atoms with van der Waals surface area (Å²) in [7, 11) is 0. The molecule has 35 heavy (non-hydrogen) atoms. The third-order valence-electron chi connectivity index (χ3n) is 6.18. The summed E-state index contributed by atoms with van der Waals surface area (Å²) in [6.45, 7) is 8.12. The summed E-state index contributed by atoms with van der Waals surface area (Å²) >= 11 is 0. The van der Waals surface area contributed by atoms with Crippen LogP contribution in [0.3, 0.4) is 0 Å². The van der Waals surface area contributed by atoms with E-state index in [2.05, 4.69) is 42.3 Å². The number of anilines is 3. The second-order valence-electron chi connectivity index (χ2n) is 8.58. The van der Waals surface area contributed by atoms with E-state index < -0.39 is 0 Å². The van der Waals surface area contributed by atoms with Gasteiger partial charge in [0.2, 0.25) is 5.95 Å². The minimum absolute atomic E-state index is 0.223. The van der Waals surface area contributed by atoms with Crippen LogP contribution in [0.2, 0.25) is 0 Å². The van der Waals surface area contributed by atoms with E-state index in [0.29, 0.717) is 43.8 Å². The van der Waals surface area contributed by atoms with Crippen LogP contribution >= 0.6 is 0 Å². The molecule has 11 nitrogen and oxygen atoms in total. The summed E-state index contributed by atoms with van der Waals surface area (Å²) in [5.41, 5.74) is 3.73. The molecule has 0 bridgehead atoms. The molecule has 1 aromatic carbocycles. The van der Waals surface area contributed by atoms with E-state index in [1.165, 1.54) is 18.2 Å². The first-order chi connectivity index (χ1) is 17.1. The highest BCUT2D eigenvalue weighted by atomic mass is 16.5. The van der Waals surface area contributed by atoms with Gasteiger partial charge in [-0.05, 0) is 44.5 Å². The first-order valence-corrected chi connectivity index (χ1v) is 11.9. The number of nitrogens with one attached hydrogen (secondary N) is 2. The molecule has 0 spiro atoms. The molecule has 0 aliphatic carbocycles. The summed E-state index contributed by atoms with van der Waals surface area (Å²) in [5, 5.41) is 5.56. The van der Waals surface area contributed by atoms with Gasteiger partial charge in [0.15, 0.2) is 5.82 Å². The van der Waals surface area contributed by atoms with Crippen molar-refractivity contribution in [3.8, 4) is 11.4 Å². The molecule has 1 saturated heterocycles. The van der Waals surface area contributed by atoms with E-state index in [9.17, 15) is 4.79 Å². The van der Waals surface area contributed by atoms with Crippen molar-refractivity contribution in [2.45, 2.75) is 32.9 Å². The summed E-state index contributed by atoms with van der Waals surface area (Å²) in [5.74, 6) is 2.27. The summed E-state index contributed by atoms with van der Waals surface area (Å²) in [6, 6.07) is 7.58. The number of amides is 2. The molecule has 5 rings (SSSR count). The van der Waals surface area contributed by atoms with Gasteiger partial charge in [0.25, 0.3) is 0 Å². The van der Waals surface area contributed by atoms with Gasteiger partial charge < -0.3 is 25.2 Å². The highest BCUT2D eigenvalue weighted by Gasteiger charge is 2.29. The average molecular weight is 476 g/mol. The largest absolute Gasteiger partial charge is 0.377 e. The summed E-state index contributed by atoms with van der Waals surface area (Å²) in [6.07, 6.45) is 3.83. The molecular formula is C24H29N9O2. The number of hydrogen-bond donors (Lipinski definition) is 2. The zero-order valence-corrected chi connectivity index (χ0v) is 19.9. The standard InChI is InChI=1S/C24H29N9O2/c1-3-26-24(34)29-18-6-4-17(5-7-18)21-30-20-12-32(23-27-14-25-15-28-23)9-8-19(20)22(31-21)33-10-11-35-13-16(33)2/h4-7,14-16H,3,8-13H2,1-2H3,(H2,26,29,34)/t16-/m0/s1. The third-order valence-corrected chi connectivity index (χ3v) is 6.18. The van der Waals surface area contributed by atoms with E-state index in [1.54, 1.807) is 0 Å². The van der Waals surface area contributed by atoms with Gasteiger partial charge in [0.1, 0.15) is 18.5 Å². The minimum Gasteiger partial charge on any atom is -0.377 e. The fourth-order valence-electron chi connectivity index (χ4n) is 4.42. The monoisotopic (exact) mass is 475 g/mol. The SMILES string of the molecule is CCNC(=O)Nc1ccc(-c2nc3c(c(N4CCOC[C@@H]4C)n2)CCN(c2ncncn2)C3)cc1. The van der Waals surface area contributed by atoms with Crippen molar-refractivity contribution in [3.63, 3.8) is 0 Å². The molecule has 3 aromatic rings. The minimum atomic E-state index is -0.229. The Morgan fingerprint density at radius 3 is 2.69 bits per heavy atom. The normalized spacial score (nSPS) is 17.6. The number of ether oxygens (including phenoxy) is 1. The Morgan fingerprint density at radius 2 is 1.94 bits per heavy atom. The van der Waals surface area contributed by atoms with Crippen LogP contribution in [-0.2, 0) is 17.7 Å². The molecule has 0 unspecified atom stereocenters. The van der Waals surface area contributed by atoms with Gasteiger partial charge in [0, 0.05) is 36.4 Å². The second-order valence-corrected chi connectivity index (χ2v) is 8.58. The number of urea groups is 1. The van der Waals surface area contributed by atoms with Crippen molar-refractivity contribution in [1.82, 2.24) is 30.2 Å². The number of aromatic nitrogens is 5. The van der Waals surface area contributed by atoms with Crippen LogP contribution < -0.4 is 20.4 Å². The van der Waals surface area contributed by atoms with Crippen molar-refractivity contribution in [2.24, 2.45) is 0 Å². The lowest BCUT2D eigenvalue weighted by Gasteiger charge is -2.37. The molecule has 0 saturated carbocycles. The highest BCUT2D eigenvalue weighted by Crippen LogP contribution is 2.32. The van der Waals surface area contributed by atoms with Crippen LogP contribution in [0.4, 0.5) is 22.2 Å². The lowest BCUT2D eigenvalue weighted by molar-refractivity contribution is 0.0984. The Kier molecular flexibility index (Phi) is 6.66. The predicted molar refractivity (Wildman–Crippen MR) is 132 cm³/mol. The van der Waals surface area contributed by atoms with Gasteiger partial charge in [0.05, 0.1) is 31.5 Å². The van der Waals surface area contributed by atoms with Crippen LogP contribution in [0, 0.1) is 0 Å². The van der Waals surface area contributed by atoms with Crippen molar-refractivity contribution >= 4 is 23.5 Å². The Balaban J connectivity index is 1.49. The van der Waals surface area contributed by atoms with Gasteiger partial charge in [-0.3, -0.25) is 0 Å². The Morgan fingerprint density at radius 1 is 1.14 bits per heavy atom. The highest BCUT2D eigenvalue weighted by molar-refractivity contribution is 5.89. The fourth-order valence-corrected chi connectivity index (χ4v) is 4.42. The smallest absolute Gasteiger partial charge is 0.319 e. The number of carbonyl (C=O) groups is 1. The molecule has 4 heterocycles. The number of morpholine rings is 1. The number of benzene rings is 1. The van der Waals surface area contributed by atoms with E-state index in [-0.39, 0.29) is 12.1 Å². The van der Waals surface area contributed by atoms with Crippen LogP contribution in [0.15, 0.2) is 36.9 Å². The predicted octanol–water partition coefficient (Wildman–Crippen LogP) is 2.26. The van der Waals surface area contributed by atoms with E-state index >= 15 is 0 Å². The summed E-state index contributed by atoms with van der Waals surface area (Å²) < 4.78 is 5.67. The molecular weight excluding hydrogens is 446 g/mol. The number of carbonyl (C=O) groups excluding carboxylic acids is 1. The molecule has 2 N–H and O–H groups in total. The fraction of sp³-hybridized carbons (Fsp3) is 0.417. The zero-order valence-electron chi connectivity index (χ0n) is 19.9. The number of fused-ring (bicyclic) bond motifs is 1. The van der Waals surface area contributed by atoms with Gasteiger partial charge in [-0.1, -0.05) is 0 Å². The Labute approximate surface area is 204 Å². The van der Waals surface area contributed by atoms with Crippen LogP contribution in [-0.4, -0.2) is 69.8 Å². The molecule has 2 amide bonds. The Bertz CT molecular complexity index is 1170. The molecule has 2 aliphatic heterocycles. The molecule has 1 atom stereocenters. The molecule has 11 heteroatoms. The molecule has 1 fully saturated rings. The van der Waals surface area contributed by atoms with Crippen molar-refractivity contribution in [3.05, 3.63) is 48.2 Å². The van der Waals surface area contributed by atoms with E-state index in [4.69, 9.17) is 14.7 Å². The topological polar surface area (TPSA) is 121 Å². The molecule has 182 valence electrons. The van der Waals surface area contributed by atoms with Gasteiger partial charge in [-0.2, -0.15) is 0 Å². The van der Waals surface area contributed by atoms with E-state index in [0.717, 1.165) is 36.6 Å².